The lowest BCUT2D eigenvalue weighted by molar-refractivity contribution is 0.0956. The summed E-state index contributed by atoms with van der Waals surface area (Å²) in [5, 5.41) is 2.76. The third-order valence-electron chi connectivity index (χ3n) is 4.82. The van der Waals surface area contributed by atoms with Crippen molar-refractivity contribution in [3.05, 3.63) is 94.7 Å². The number of imidazole rings is 1. The molecule has 166 valence electrons. The number of nitrogens with zero attached hydrogens (tertiary/aromatic N) is 3. The molecule has 0 aliphatic carbocycles. The maximum atomic E-state index is 13.7. The molecule has 2 aromatic heterocycles. The van der Waals surface area contributed by atoms with E-state index in [1.54, 1.807) is 42.9 Å². The molecule has 1 amide bonds. The Morgan fingerprint density at radius 3 is 2.69 bits per heavy atom. The number of amides is 1. The van der Waals surface area contributed by atoms with Crippen LogP contribution in [0.4, 0.5) is 4.39 Å². The molecule has 0 fully saturated rings. The first-order valence-electron chi connectivity index (χ1n) is 9.72. The van der Waals surface area contributed by atoms with Crippen LogP contribution in [0.25, 0.3) is 5.78 Å². The van der Waals surface area contributed by atoms with E-state index in [9.17, 15) is 17.6 Å². The average Bonchev–Trinajstić information content (AvgIpc) is 3.22. The lowest BCUT2D eigenvalue weighted by Gasteiger charge is -2.10. The maximum absolute atomic E-state index is 13.7. The summed E-state index contributed by atoms with van der Waals surface area (Å²) in [4.78, 5) is 20.5. The highest BCUT2D eigenvalue weighted by molar-refractivity contribution is 7.95. The Morgan fingerprint density at radius 1 is 1.22 bits per heavy atom. The second kappa shape index (κ2) is 9.27. The van der Waals surface area contributed by atoms with Crippen LogP contribution >= 0.6 is 0 Å². The van der Waals surface area contributed by atoms with Crippen LogP contribution in [0.3, 0.4) is 0 Å². The van der Waals surface area contributed by atoms with E-state index in [2.05, 4.69) is 21.9 Å². The number of fused-ring (bicyclic) bond motifs is 1. The van der Waals surface area contributed by atoms with Crippen molar-refractivity contribution in [2.24, 2.45) is 0 Å². The van der Waals surface area contributed by atoms with Gasteiger partial charge in [-0.1, -0.05) is 24.3 Å². The minimum absolute atomic E-state index is 0.0213. The van der Waals surface area contributed by atoms with E-state index in [0.29, 0.717) is 16.9 Å². The zero-order valence-electron chi connectivity index (χ0n) is 18.0. The number of hydrogen-bond donors (Lipinski definition) is 1. The molecule has 0 aliphatic heterocycles. The highest BCUT2D eigenvalue weighted by atomic mass is 32.2. The molecule has 0 saturated heterocycles. The number of rotatable bonds is 7. The first-order valence-corrected chi connectivity index (χ1v) is 11.2. The van der Waals surface area contributed by atoms with Crippen molar-refractivity contribution >= 4 is 21.5 Å². The lowest BCUT2D eigenvalue weighted by Crippen LogP contribution is -2.25. The topological polar surface area (TPSA) is 93.4 Å². The van der Waals surface area contributed by atoms with Crippen LogP contribution in [0.5, 0.6) is 0 Å². The minimum atomic E-state index is -3.88. The molecule has 0 bridgehead atoms. The van der Waals surface area contributed by atoms with Crippen LogP contribution in [0, 0.1) is 19.7 Å². The van der Waals surface area contributed by atoms with Crippen molar-refractivity contribution in [1.29, 1.82) is 0 Å². The number of halogens is 1. The van der Waals surface area contributed by atoms with Gasteiger partial charge in [0.25, 0.3) is 5.91 Å². The zero-order chi connectivity index (χ0) is 23.5. The quantitative estimate of drug-likeness (QED) is 0.434. The molecule has 0 radical (unpaired) electrons. The van der Waals surface area contributed by atoms with Crippen LogP contribution in [-0.4, -0.2) is 35.2 Å². The Bertz CT molecular complexity index is 1370. The first-order chi connectivity index (χ1) is 15.1. The van der Waals surface area contributed by atoms with Gasteiger partial charge in [-0.15, -0.1) is 0 Å². The molecule has 0 unspecified atom stereocenters. The highest BCUT2D eigenvalue weighted by Gasteiger charge is 2.21. The Labute approximate surface area is 185 Å². The first kappa shape index (κ1) is 23.1. The number of hydrogen-bond acceptors (Lipinski definition) is 5. The Morgan fingerprint density at radius 2 is 1.97 bits per heavy atom. The summed E-state index contributed by atoms with van der Waals surface area (Å²) in [5.74, 6) is -0.286. The summed E-state index contributed by atoms with van der Waals surface area (Å²) in [6.45, 7) is 8.62. The molecule has 9 heteroatoms. The SMILES string of the molecule is C=C/C(=C\C=C(/C)CNC(=O)c1cnc2nccn2c1)S(=O)(=O)c1cc(C)c(F)cc1C. The fraction of sp³-hybridized carbons (Fsp3) is 0.174. The third kappa shape index (κ3) is 4.83. The minimum Gasteiger partial charge on any atom is -0.348 e. The molecule has 3 aromatic rings. The normalized spacial score (nSPS) is 12.8. The van der Waals surface area contributed by atoms with Gasteiger partial charge < -0.3 is 5.32 Å². The van der Waals surface area contributed by atoms with Gasteiger partial charge in [0.15, 0.2) is 0 Å². The average molecular weight is 455 g/mol. The molecule has 1 aromatic carbocycles. The van der Waals surface area contributed by atoms with Crippen LogP contribution < -0.4 is 5.32 Å². The summed E-state index contributed by atoms with van der Waals surface area (Å²) in [6.07, 6.45) is 10.6. The van der Waals surface area contributed by atoms with Crippen LogP contribution in [-0.2, 0) is 9.84 Å². The summed E-state index contributed by atoms with van der Waals surface area (Å²) in [5.41, 5.74) is 1.65. The summed E-state index contributed by atoms with van der Waals surface area (Å²) >= 11 is 0. The van der Waals surface area contributed by atoms with E-state index in [1.807, 2.05) is 0 Å². The zero-order valence-corrected chi connectivity index (χ0v) is 18.8. The number of nitrogens with one attached hydrogen (secondary N) is 1. The summed E-state index contributed by atoms with van der Waals surface area (Å²) < 4.78 is 41.4. The van der Waals surface area contributed by atoms with Gasteiger partial charge in [0.2, 0.25) is 15.6 Å². The van der Waals surface area contributed by atoms with Gasteiger partial charge in [0.1, 0.15) is 5.82 Å². The van der Waals surface area contributed by atoms with Crippen molar-refractivity contribution in [2.45, 2.75) is 25.7 Å². The molecule has 0 spiro atoms. The van der Waals surface area contributed by atoms with E-state index in [1.165, 1.54) is 37.4 Å². The molecule has 0 atom stereocenters. The van der Waals surface area contributed by atoms with Crippen molar-refractivity contribution < 1.29 is 17.6 Å². The second-order valence-electron chi connectivity index (χ2n) is 7.32. The van der Waals surface area contributed by atoms with Crippen LogP contribution in [0.15, 0.2) is 77.1 Å². The largest absolute Gasteiger partial charge is 0.348 e. The van der Waals surface area contributed by atoms with Gasteiger partial charge in [0.05, 0.1) is 15.4 Å². The number of aryl methyl sites for hydroxylation is 2. The van der Waals surface area contributed by atoms with Crippen molar-refractivity contribution in [1.82, 2.24) is 19.7 Å². The predicted octanol–water partition coefficient (Wildman–Crippen LogP) is 3.71. The van der Waals surface area contributed by atoms with Gasteiger partial charge in [-0.25, -0.2) is 22.8 Å². The van der Waals surface area contributed by atoms with E-state index >= 15 is 0 Å². The molecule has 1 N–H and O–H groups in total. The number of allylic oxidation sites excluding steroid dienone is 3. The number of carbonyl (C=O) groups excluding carboxylic acids is 1. The van der Waals surface area contributed by atoms with Crippen molar-refractivity contribution in [3.63, 3.8) is 0 Å². The van der Waals surface area contributed by atoms with E-state index < -0.39 is 15.7 Å². The monoisotopic (exact) mass is 454 g/mol. The smallest absolute Gasteiger partial charge is 0.254 e. The Hall–Kier alpha value is -3.59. The Kier molecular flexibility index (Phi) is 6.69. The van der Waals surface area contributed by atoms with E-state index in [0.717, 1.165) is 5.57 Å². The molecular weight excluding hydrogens is 431 g/mol. The summed E-state index contributed by atoms with van der Waals surface area (Å²) in [6, 6.07) is 2.52. The van der Waals surface area contributed by atoms with Crippen molar-refractivity contribution in [2.75, 3.05) is 6.54 Å². The van der Waals surface area contributed by atoms with Gasteiger partial charge in [-0.2, -0.15) is 0 Å². The second-order valence-corrected chi connectivity index (χ2v) is 9.23. The Balaban J connectivity index is 1.75. The highest BCUT2D eigenvalue weighted by Crippen LogP contribution is 2.26. The fourth-order valence-electron chi connectivity index (χ4n) is 2.98. The molecular formula is C23H23FN4O3S. The standard InChI is InChI=1S/C23H23FN4O3S/c1-5-19(32(30,31)21-11-16(3)20(24)10-17(21)4)7-6-15(2)12-26-22(29)18-13-27-23-25-8-9-28(23)14-18/h5-11,13-14H,1,12H2,2-4H3,(H,26,29)/b15-6+,19-7+. The predicted molar refractivity (Wildman–Crippen MR) is 120 cm³/mol. The number of benzene rings is 1. The third-order valence-corrected chi connectivity index (χ3v) is 6.77. The van der Waals surface area contributed by atoms with E-state index in [-0.39, 0.29) is 27.8 Å². The molecule has 3 rings (SSSR count). The molecule has 32 heavy (non-hydrogen) atoms. The molecule has 2 heterocycles. The molecule has 0 saturated carbocycles. The van der Waals surface area contributed by atoms with Gasteiger partial charge in [0, 0.05) is 31.3 Å². The van der Waals surface area contributed by atoms with Gasteiger partial charge in [-0.05, 0) is 50.1 Å². The molecule has 0 aliphatic rings. The number of sulfone groups is 1. The number of carbonyl (C=O) groups is 1. The number of aromatic nitrogens is 3. The maximum Gasteiger partial charge on any atom is 0.254 e. The summed E-state index contributed by atoms with van der Waals surface area (Å²) in [7, 11) is -3.88. The van der Waals surface area contributed by atoms with Crippen LogP contribution in [0.1, 0.15) is 28.4 Å². The fourth-order valence-corrected chi connectivity index (χ4v) is 4.51. The van der Waals surface area contributed by atoms with Crippen molar-refractivity contribution in [3.8, 4) is 0 Å². The van der Waals surface area contributed by atoms with Gasteiger partial charge >= 0.3 is 0 Å². The van der Waals surface area contributed by atoms with E-state index in [4.69, 9.17) is 0 Å². The molecule has 7 nitrogen and oxygen atoms in total. The van der Waals surface area contributed by atoms with Gasteiger partial charge in [-0.3, -0.25) is 9.20 Å². The van der Waals surface area contributed by atoms with Crippen LogP contribution in [0.2, 0.25) is 0 Å². The lowest BCUT2D eigenvalue weighted by atomic mass is 10.1.